The molecule has 0 aliphatic carbocycles. The van der Waals surface area contributed by atoms with Crippen LogP contribution in [-0.2, 0) is 0 Å². The number of nitrogens with zero attached hydrogens (tertiary/aromatic N) is 3. The standard InChI is InChI=1S/C10H15N5O/c1-15-5-4-12-8(6-15)10-13-3-2-7(14-10)9(11)16/h2-3,8,12H,4-6H2,1H3,(H2,11,16). The van der Waals surface area contributed by atoms with Gasteiger partial charge >= 0.3 is 0 Å². The molecule has 1 amide bonds. The zero-order chi connectivity index (χ0) is 11.5. The van der Waals surface area contributed by atoms with Crippen molar-refractivity contribution >= 4 is 5.91 Å². The molecule has 1 aromatic rings. The summed E-state index contributed by atoms with van der Waals surface area (Å²) in [4.78, 5) is 21.5. The predicted octanol–water partition coefficient (Wildman–Crippen LogP) is -0.848. The van der Waals surface area contributed by atoms with E-state index in [1.165, 1.54) is 6.07 Å². The topological polar surface area (TPSA) is 84.1 Å². The summed E-state index contributed by atoms with van der Waals surface area (Å²) >= 11 is 0. The van der Waals surface area contributed by atoms with E-state index >= 15 is 0 Å². The lowest BCUT2D eigenvalue weighted by atomic mass is 10.2. The Morgan fingerprint density at radius 1 is 1.69 bits per heavy atom. The molecule has 1 fully saturated rings. The minimum atomic E-state index is -0.521. The molecular formula is C10H15N5O. The van der Waals surface area contributed by atoms with Crippen molar-refractivity contribution in [2.45, 2.75) is 6.04 Å². The van der Waals surface area contributed by atoms with Gasteiger partial charge < -0.3 is 16.0 Å². The van der Waals surface area contributed by atoms with Gasteiger partial charge in [-0.05, 0) is 13.1 Å². The van der Waals surface area contributed by atoms with Crippen LogP contribution in [0.15, 0.2) is 12.3 Å². The Bertz CT molecular complexity index is 395. The molecule has 1 saturated heterocycles. The molecule has 0 aromatic carbocycles. The fourth-order valence-corrected chi connectivity index (χ4v) is 1.75. The van der Waals surface area contributed by atoms with E-state index in [0.29, 0.717) is 5.82 Å². The SMILES string of the molecule is CN1CCNC(c2nccc(C(N)=O)n2)C1. The summed E-state index contributed by atoms with van der Waals surface area (Å²) in [6.45, 7) is 2.74. The molecule has 0 bridgehead atoms. The molecule has 1 aromatic heterocycles. The molecule has 0 spiro atoms. The van der Waals surface area contributed by atoms with Gasteiger partial charge in [-0.2, -0.15) is 0 Å². The van der Waals surface area contributed by atoms with E-state index in [1.807, 2.05) is 7.05 Å². The maximum atomic E-state index is 11.0. The number of aromatic nitrogens is 2. The van der Waals surface area contributed by atoms with E-state index in [0.717, 1.165) is 19.6 Å². The number of nitrogens with two attached hydrogens (primary N) is 1. The van der Waals surface area contributed by atoms with Crippen molar-refractivity contribution in [3.63, 3.8) is 0 Å². The van der Waals surface area contributed by atoms with Crippen molar-refractivity contribution in [2.75, 3.05) is 26.7 Å². The highest BCUT2D eigenvalue weighted by molar-refractivity contribution is 5.90. The van der Waals surface area contributed by atoms with E-state index < -0.39 is 5.91 Å². The van der Waals surface area contributed by atoms with Gasteiger partial charge in [-0.15, -0.1) is 0 Å². The fourth-order valence-electron chi connectivity index (χ4n) is 1.75. The second kappa shape index (κ2) is 4.54. The van der Waals surface area contributed by atoms with Gasteiger partial charge in [-0.25, -0.2) is 9.97 Å². The quantitative estimate of drug-likeness (QED) is 0.679. The van der Waals surface area contributed by atoms with Crippen molar-refractivity contribution in [3.8, 4) is 0 Å². The Balaban J connectivity index is 2.19. The van der Waals surface area contributed by atoms with Crippen LogP contribution in [0.1, 0.15) is 22.4 Å². The Morgan fingerprint density at radius 2 is 2.50 bits per heavy atom. The third kappa shape index (κ3) is 2.34. The first-order valence-corrected chi connectivity index (χ1v) is 5.21. The zero-order valence-corrected chi connectivity index (χ0v) is 9.18. The average Bonchev–Trinajstić information content (AvgIpc) is 2.29. The van der Waals surface area contributed by atoms with Crippen LogP contribution >= 0.6 is 0 Å². The summed E-state index contributed by atoms with van der Waals surface area (Å²) in [6, 6.07) is 1.59. The molecule has 3 N–H and O–H groups in total. The molecule has 2 heterocycles. The molecule has 0 saturated carbocycles. The van der Waals surface area contributed by atoms with Gasteiger partial charge in [0.2, 0.25) is 0 Å². The Morgan fingerprint density at radius 3 is 3.19 bits per heavy atom. The number of carbonyl (C=O) groups is 1. The second-order valence-electron chi connectivity index (χ2n) is 3.93. The molecule has 1 atom stereocenters. The monoisotopic (exact) mass is 221 g/mol. The number of hydrogen-bond donors (Lipinski definition) is 2. The van der Waals surface area contributed by atoms with Gasteiger partial charge in [-0.1, -0.05) is 0 Å². The summed E-state index contributed by atoms with van der Waals surface area (Å²) in [5, 5.41) is 3.31. The van der Waals surface area contributed by atoms with Crippen LogP contribution in [0.4, 0.5) is 0 Å². The smallest absolute Gasteiger partial charge is 0.267 e. The lowest BCUT2D eigenvalue weighted by Gasteiger charge is -2.29. The normalized spacial score (nSPS) is 21.9. The van der Waals surface area contributed by atoms with Crippen molar-refractivity contribution in [1.29, 1.82) is 0 Å². The van der Waals surface area contributed by atoms with Gasteiger partial charge in [0.1, 0.15) is 11.5 Å². The van der Waals surface area contributed by atoms with Crippen LogP contribution in [0, 0.1) is 0 Å². The maximum absolute atomic E-state index is 11.0. The summed E-state index contributed by atoms with van der Waals surface area (Å²) in [6.07, 6.45) is 1.57. The molecular weight excluding hydrogens is 206 g/mol. The number of amides is 1. The minimum absolute atomic E-state index is 0.0676. The van der Waals surface area contributed by atoms with Gasteiger partial charge in [0.05, 0.1) is 6.04 Å². The highest BCUT2D eigenvalue weighted by Gasteiger charge is 2.21. The van der Waals surface area contributed by atoms with Gasteiger partial charge in [0, 0.05) is 25.8 Å². The summed E-state index contributed by atoms with van der Waals surface area (Å²) in [7, 11) is 2.05. The van der Waals surface area contributed by atoms with Crippen LogP contribution in [-0.4, -0.2) is 47.5 Å². The number of piperazine rings is 1. The summed E-state index contributed by atoms with van der Waals surface area (Å²) in [5.41, 5.74) is 5.44. The van der Waals surface area contributed by atoms with Gasteiger partial charge in [0.25, 0.3) is 5.91 Å². The molecule has 86 valence electrons. The Hall–Kier alpha value is -1.53. The van der Waals surface area contributed by atoms with Crippen molar-refractivity contribution in [1.82, 2.24) is 20.2 Å². The highest BCUT2D eigenvalue weighted by Crippen LogP contribution is 2.12. The minimum Gasteiger partial charge on any atom is -0.364 e. The first-order valence-electron chi connectivity index (χ1n) is 5.21. The number of primary amides is 1. The molecule has 2 rings (SSSR count). The van der Waals surface area contributed by atoms with E-state index in [1.54, 1.807) is 6.20 Å². The van der Waals surface area contributed by atoms with Gasteiger partial charge in [0.15, 0.2) is 0 Å². The Labute approximate surface area is 93.9 Å². The lowest BCUT2D eigenvalue weighted by molar-refractivity contribution is 0.0994. The molecule has 1 unspecified atom stereocenters. The van der Waals surface area contributed by atoms with E-state index in [-0.39, 0.29) is 11.7 Å². The molecule has 0 radical (unpaired) electrons. The van der Waals surface area contributed by atoms with Gasteiger partial charge in [-0.3, -0.25) is 4.79 Å². The van der Waals surface area contributed by atoms with Crippen molar-refractivity contribution in [3.05, 3.63) is 23.8 Å². The third-order valence-corrected chi connectivity index (χ3v) is 2.62. The number of nitrogens with one attached hydrogen (secondary N) is 1. The summed E-state index contributed by atoms with van der Waals surface area (Å²) in [5.74, 6) is 0.107. The largest absolute Gasteiger partial charge is 0.364 e. The molecule has 16 heavy (non-hydrogen) atoms. The zero-order valence-electron chi connectivity index (χ0n) is 9.18. The average molecular weight is 221 g/mol. The number of rotatable bonds is 2. The maximum Gasteiger partial charge on any atom is 0.267 e. The molecule has 1 aliphatic heterocycles. The molecule has 6 heteroatoms. The first kappa shape index (κ1) is 11.0. The fraction of sp³-hybridized carbons (Fsp3) is 0.500. The summed E-state index contributed by atoms with van der Waals surface area (Å²) < 4.78 is 0. The number of likely N-dealkylation sites (N-methyl/N-ethyl adjacent to an activating group) is 1. The van der Waals surface area contributed by atoms with Crippen LogP contribution in [0.2, 0.25) is 0 Å². The molecule has 6 nitrogen and oxygen atoms in total. The predicted molar refractivity (Wildman–Crippen MR) is 58.8 cm³/mol. The third-order valence-electron chi connectivity index (χ3n) is 2.62. The van der Waals surface area contributed by atoms with Crippen LogP contribution in [0.3, 0.4) is 0 Å². The Kier molecular flexibility index (Phi) is 3.12. The highest BCUT2D eigenvalue weighted by atomic mass is 16.1. The number of hydrogen-bond acceptors (Lipinski definition) is 5. The van der Waals surface area contributed by atoms with E-state index in [2.05, 4.69) is 20.2 Å². The van der Waals surface area contributed by atoms with E-state index in [9.17, 15) is 4.79 Å². The first-order chi connectivity index (χ1) is 7.66. The molecule has 1 aliphatic rings. The van der Waals surface area contributed by atoms with E-state index in [4.69, 9.17) is 5.73 Å². The van der Waals surface area contributed by atoms with Crippen molar-refractivity contribution in [2.24, 2.45) is 5.73 Å². The van der Waals surface area contributed by atoms with Crippen LogP contribution < -0.4 is 11.1 Å². The van der Waals surface area contributed by atoms with Crippen LogP contribution in [0.5, 0.6) is 0 Å². The van der Waals surface area contributed by atoms with Crippen molar-refractivity contribution < 1.29 is 4.79 Å². The lowest BCUT2D eigenvalue weighted by Crippen LogP contribution is -2.44. The number of carbonyl (C=O) groups excluding carboxylic acids is 1. The second-order valence-corrected chi connectivity index (χ2v) is 3.93. The van der Waals surface area contributed by atoms with Crippen LogP contribution in [0.25, 0.3) is 0 Å².